The summed E-state index contributed by atoms with van der Waals surface area (Å²) in [5, 5.41) is 4.47. The molecule has 2 amide bonds. The number of aromatic nitrogens is 1. The summed E-state index contributed by atoms with van der Waals surface area (Å²) in [4.78, 5) is 40.7. The molecule has 4 rings (SSSR count). The minimum atomic E-state index is -0.519. The molecular formula is C22H20ClN3O3. The van der Waals surface area contributed by atoms with Gasteiger partial charge in [0.05, 0.1) is 11.3 Å². The van der Waals surface area contributed by atoms with Crippen molar-refractivity contribution in [1.29, 1.82) is 0 Å². The summed E-state index contributed by atoms with van der Waals surface area (Å²) >= 11 is 6.20. The highest BCUT2D eigenvalue weighted by atomic mass is 35.5. The number of nitrogens with one attached hydrogen (secondary N) is 1. The minimum absolute atomic E-state index is 0.150. The number of hydrogen-bond donors (Lipinski definition) is 1. The Labute approximate surface area is 172 Å². The van der Waals surface area contributed by atoms with Crippen LogP contribution in [-0.4, -0.2) is 22.9 Å². The fourth-order valence-electron chi connectivity index (χ4n) is 3.54. The lowest BCUT2D eigenvalue weighted by atomic mass is 10.0. The van der Waals surface area contributed by atoms with Crippen molar-refractivity contribution in [3.8, 4) is 0 Å². The van der Waals surface area contributed by atoms with E-state index in [9.17, 15) is 14.4 Å². The Hall–Kier alpha value is -3.12. The maximum atomic E-state index is 13.5. The van der Waals surface area contributed by atoms with E-state index < -0.39 is 11.4 Å². The highest BCUT2D eigenvalue weighted by Gasteiger charge is 2.31. The maximum absolute atomic E-state index is 13.5. The first-order valence-electron chi connectivity index (χ1n) is 9.23. The van der Waals surface area contributed by atoms with Crippen LogP contribution in [0.25, 0.3) is 10.8 Å². The normalized spacial score (nSPS) is 14.6. The topological polar surface area (TPSA) is 71.4 Å². The van der Waals surface area contributed by atoms with Gasteiger partial charge in [-0.2, -0.15) is 0 Å². The summed E-state index contributed by atoms with van der Waals surface area (Å²) < 4.78 is 1.58. The number of benzene rings is 2. The number of para-hydroxylation sites is 1. The van der Waals surface area contributed by atoms with Crippen LogP contribution < -0.4 is 15.8 Å². The molecule has 3 aromatic rings. The summed E-state index contributed by atoms with van der Waals surface area (Å²) in [5.74, 6) is -0.784. The van der Waals surface area contributed by atoms with Crippen molar-refractivity contribution in [2.45, 2.75) is 26.3 Å². The van der Waals surface area contributed by atoms with Crippen LogP contribution in [0.4, 0.5) is 11.4 Å². The Kier molecular flexibility index (Phi) is 4.46. The Morgan fingerprint density at radius 3 is 2.48 bits per heavy atom. The van der Waals surface area contributed by atoms with Gasteiger partial charge in [-0.3, -0.25) is 19.3 Å². The summed E-state index contributed by atoms with van der Waals surface area (Å²) in [5.41, 5.74) is 0.0393. The zero-order valence-corrected chi connectivity index (χ0v) is 17.1. The first kappa shape index (κ1) is 19.2. The number of nitrogens with zero attached hydrogens (tertiary/aromatic N) is 2. The number of carbonyl (C=O) groups is 2. The average Bonchev–Trinajstić information content (AvgIpc) is 2.77. The molecule has 6 nitrogen and oxygen atoms in total. The second kappa shape index (κ2) is 6.74. The predicted molar refractivity (Wildman–Crippen MR) is 115 cm³/mol. The lowest BCUT2D eigenvalue weighted by Crippen LogP contribution is -2.42. The molecule has 0 saturated carbocycles. The van der Waals surface area contributed by atoms with Gasteiger partial charge >= 0.3 is 0 Å². The number of halogens is 1. The van der Waals surface area contributed by atoms with E-state index in [0.717, 1.165) is 5.39 Å². The molecule has 1 aliphatic rings. The van der Waals surface area contributed by atoms with E-state index in [1.54, 1.807) is 53.2 Å². The van der Waals surface area contributed by atoms with Crippen molar-refractivity contribution in [2.24, 2.45) is 0 Å². The zero-order valence-electron chi connectivity index (χ0n) is 16.3. The van der Waals surface area contributed by atoms with Gasteiger partial charge in [-0.05, 0) is 45.0 Å². The third kappa shape index (κ3) is 3.29. The Morgan fingerprint density at radius 2 is 1.76 bits per heavy atom. The third-order valence-corrected chi connectivity index (χ3v) is 5.17. The molecule has 0 spiro atoms. The van der Waals surface area contributed by atoms with Crippen LogP contribution in [0.3, 0.4) is 0 Å². The predicted octanol–water partition coefficient (Wildman–Crippen LogP) is 4.01. The Morgan fingerprint density at radius 1 is 1.03 bits per heavy atom. The Bertz CT molecular complexity index is 1220. The highest BCUT2D eigenvalue weighted by Crippen LogP contribution is 2.31. The minimum Gasteiger partial charge on any atom is -0.324 e. The molecule has 2 aromatic carbocycles. The van der Waals surface area contributed by atoms with Gasteiger partial charge in [0, 0.05) is 27.5 Å². The second-order valence-electron chi connectivity index (χ2n) is 8.04. The number of rotatable bonds is 1. The number of carbonyl (C=O) groups excluding carboxylic acids is 2. The van der Waals surface area contributed by atoms with Crippen LogP contribution in [-0.2, 0) is 10.3 Å². The molecule has 29 heavy (non-hydrogen) atoms. The molecular weight excluding hydrogens is 390 g/mol. The van der Waals surface area contributed by atoms with Gasteiger partial charge in [0.2, 0.25) is 5.91 Å². The van der Waals surface area contributed by atoms with Crippen LogP contribution in [0.5, 0.6) is 0 Å². The highest BCUT2D eigenvalue weighted by molar-refractivity contribution is 6.31. The van der Waals surface area contributed by atoms with Gasteiger partial charge in [-0.1, -0.05) is 29.8 Å². The van der Waals surface area contributed by atoms with Crippen LogP contribution in [0.1, 0.15) is 31.1 Å². The molecule has 7 heteroatoms. The maximum Gasteiger partial charge on any atom is 0.275 e. The molecule has 0 fully saturated rings. The molecule has 1 N–H and O–H groups in total. The fraction of sp³-hybridized carbons (Fsp3) is 0.227. The number of pyridine rings is 1. The SMILES string of the molecule is CC(C)(C)n1cc2ccc(Cl)cc2c(N2CC(=O)Nc3ccccc3C2=O)c1=O. The smallest absolute Gasteiger partial charge is 0.275 e. The molecule has 148 valence electrons. The lowest BCUT2D eigenvalue weighted by molar-refractivity contribution is -0.114. The number of hydrogen-bond acceptors (Lipinski definition) is 3. The van der Waals surface area contributed by atoms with Gasteiger partial charge < -0.3 is 9.88 Å². The van der Waals surface area contributed by atoms with Crippen molar-refractivity contribution in [1.82, 2.24) is 4.57 Å². The van der Waals surface area contributed by atoms with Crippen LogP contribution in [0, 0.1) is 0 Å². The standard InChI is InChI=1S/C22H20ClN3O3/c1-22(2,3)26-11-13-8-9-14(23)10-16(13)19(21(26)29)25-12-18(27)24-17-7-5-4-6-15(17)20(25)28/h4-11H,12H2,1-3H3,(H,24,27). The monoisotopic (exact) mass is 409 g/mol. The van der Waals surface area contributed by atoms with Crippen molar-refractivity contribution >= 4 is 45.6 Å². The van der Waals surface area contributed by atoms with Crippen molar-refractivity contribution in [3.63, 3.8) is 0 Å². The quantitative estimate of drug-likeness (QED) is 0.660. The summed E-state index contributed by atoms with van der Waals surface area (Å²) in [7, 11) is 0. The fourth-order valence-corrected chi connectivity index (χ4v) is 3.71. The van der Waals surface area contributed by atoms with Crippen molar-refractivity contribution in [2.75, 3.05) is 16.8 Å². The van der Waals surface area contributed by atoms with Gasteiger partial charge in [0.1, 0.15) is 12.2 Å². The largest absolute Gasteiger partial charge is 0.324 e. The molecule has 0 aliphatic carbocycles. The molecule has 0 radical (unpaired) electrons. The molecule has 0 unspecified atom stereocenters. The molecule has 1 aliphatic heterocycles. The van der Waals surface area contributed by atoms with E-state index in [0.29, 0.717) is 21.7 Å². The second-order valence-corrected chi connectivity index (χ2v) is 8.48. The average molecular weight is 410 g/mol. The summed E-state index contributed by atoms with van der Waals surface area (Å²) in [6, 6.07) is 12.0. The first-order chi connectivity index (χ1) is 13.7. The van der Waals surface area contributed by atoms with Gasteiger partial charge in [0.15, 0.2) is 0 Å². The third-order valence-electron chi connectivity index (χ3n) is 4.93. The van der Waals surface area contributed by atoms with Gasteiger partial charge in [0.25, 0.3) is 11.5 Å². The van der Waals surface area contributed by atoms with E-state index in [1.807, 2.05) is 20.8 Å². The van der Waals surface area contributed by atoms with Crippen molar-refractivity contribution < 1.29 is 9.59 Å². The van der Waals surface area contributed by atoms with Gasteiger partial charge in [-0.25, -0.2) is 0 Å². The van der Waals surface area contributed by atoms with E-state index in [4.69, 9.17) is 11.6 Å². The lowest BCUT2D eigenvalue weighted by Gasteiger charge is -2.27. The molecule has 1 aromatic heterocycles. The van der Waals surface area contributed by atoms with Gasteiger partial charge in [-0.15, -0.1) is 0 Å². The van der Waals surface area contributed by atoms with Crippen LogP contribution >= 0.6 is 11.6 Å². The molecule has 2 heterocycles. The van der Waals surface area contributed by atoms with E-state index in [-0.39, 0.29) is 23.7 Å². The number of anilines is 2. The molecule has 0 bridgehead atoms. The van der Waals surface area contributed by atoms with Crippen molar-refractivity contribution in [3.05, 3.63) is 69.6 Å². The number of amides is 2. The molecule has 0 atom stereocenters. The summed E-state index contributed by atoms with van der Waals surface area (Å²) in [6.45, 7) is 5.46. The van der Waals surface area contributed by atoms with E-state index >= 15 is 0 Å². The number of fused-ring (bicyclic) bond motifs is 2. The van der Waals surface area contributed by atoms with Crippen LogP contribution in [0.2, 0.25) is 5.02 Å². The van der Waals surface area contributed by atoms with E-state index in [2.05, 4.69) is 5.32 Å². The summed E-state index contributed by atoms with van der Waals surface area (Å²) in [6.07, 6.45) is 1.76. The Balaban J connectivity index is 2.05. The van der Waals surface area contributed by atoms with E-state index in [1.165, 1.54) is 4.90 Å². The molecule has 0 saturated heterocycles. The zero-order chi connectivity index (χ0) is 20.9. The first-order valence-corrected chi connectivity index (χ1v) is 9.61. The van der Waals surface area contributed by atoms with Crippen LogP contribution in [0.15, 0.2) is 53.5 Å².